The highest BCUT2D eigenvalue weighted by Crippen LogP contribution is 2.40. The Hall–Kier alpha value is -2.08. The molecule has 0 atom stereocenters. The Labute approximate surface area is 130 Å². The first-order valence-corrected chi connectivity index (χ1v) is 7.94. The molecule has 112 valence electrons. The molecule has 0 fully saturated rings. The van der Waals surface area contributed by atoms with E-state index in [1.54, 1.807) is 11.3 Å². The number of nitrogens with zero attached hydrogens (tertiary/aromatic N) is 2. The van der Waals surface area contributed by atoms with Crippen LogP contribution in [0.3, 0.4) is 0 Å². The van der Waals surface area contributed by atoms with Crippen LogP contribution in [-0.4, -0.2) is 9.97 Å². The fourth-order valence-electron chi connectivity index (χ4n) is 2.91. The summed E-state index contributed by atoms with van der Waals surface area (Å²) in [6.07, 6.45) is 3.21. The highest BCUT2D eigenvalue weighted by Gasteiger charge is 2.22. The molecule has 3 nitrogen and oxygen atoms in total. The summed E-state index contributed by atoms with van der Waals surface area (Å²) in [5.74, 6) is 0.0182. The molecule has 1 N–H and O–H groups in total. The smallest absolute Gasteiger partial charge is 0.149 e. The van der Waals surface area contributed by atoms with E-state index in [0.29, 0.717) is 11.6 Å². The summed E-state index contributed by atoms with van der Waals surface area (Å²) in [4.78, 5) is 11.2. The molecule has 1 aromatic carbocycles. The van der Waals surface area contributed by atoms with Crippen molar-refractivity contribution in [2.75, 3.05) is 5.32 Å². The number of halogens is 2. The van der Waals surface area contributed by atoms with Crippen LogP contribution >= 0.6 is 11.3 Å². The third-order valence-corrected chi connectivity index (χ3v) is 5.05. The van der Waals surface area contributed by atoms with E-state index in [1.807, 2.05) is 6.92 Å². The summed E-state index contributed by atoms with van der Waals surface area (Å²) in [6.45, 7) is 1.82. The van der Waals surface area contributed by atoms with Crippen LogP contribution in [0.15, 0.2) is 18.2 Å². The lowest BCUT2D eigenvalue weighted by atomic mass is 10.2. The molecule has 0 unspecified atom stereocenters. The first kappa shape index (κ1) is 13.6. The van der Waals surface area contributed by atoms with E-state index < -0.39 is 11.6 Å². The third kappa shape index (κ3) is 2.14. The van der Waals surface area contributed by atoms with Gasteiger partial charge in [-0.15, -0.1) is 11.3 Å². The van der Waals surface area contributed by atoms with E-state index in [-0.39, 0.29) is 5.69 Å². The minimum Gasteiger partial charge on any atom is -0.337 e. The summed E-state index contributed by atoms with van der Waals surface area (Å²) >= 11 is 1.69. The van der Waals surface area contributed by atoms with Crippen LogP contribution in [0.25, 0.3) is 10.2 Å². The predicted molar refractivity (Wildman–Crippen MR) is 83.8 cm³/mol. The van der Waals surface area contributed by atoms with Gasteiger partial charge in [0, 0.05) is 10.9 Å². The summed E-state index contributed by atoms with van der Waals surface area (Å²) in [6, 6.07) is 3.49. The Bertz CT molecular complexity index is 889. The minimum atomic E-state index is -0.628. The van der Waals surface area contributed by atoms with Crippen LogP contribution in [0.2, 0.25) is 0 Å². The predicted octanol–water partition coefficient (Wildman–Crippen LogP) is 4.51. The lowest BCUT2D eigenvalue weighted by molar-refractivity contribution is 0.586. The van der Waals surface area contributed by atoms with E-state index in [9.17, 15) is 8.78 Å². The normalized spacial score (nSPS) is 13.6. The SMILES string of the molecule is Cc1nc(Nc2ccc(F)cc2F)c2c3c(sc2n1)CCC3. The van der Waals surface area contributed by atoms with Crippen LogP contribution < -0.4 is 5.32 Å². The average molecular weight is 317 g/mol. The number of thiophene rings is 1. The van der Waals surface area contributed by atoms with Crippen molar-refractivity contribution in [2.24, 2.45) is 0 Å². The molecular weight excluding hydrogens is 304 g/mol. The van der Waals surface area contributed by atoms with Gasteiger partial charge in [0.15, 0.2) is 0 Å². The van der Waals surface area contributed by atoms with Crippen LogP contribution in [-0.2, 0) is 12.8 Å². The number of rotatable bonds is 2. The summed E-state index contributed by atoms with van der Waals surface area (Å²) in [5.41, 5.74) is 1.49. The minimum absolute atomic E-state index is 0.221. The number of anilines is 2. The zero-order chi connectivity index (χ0) is 15.3. The zero-order valence-electron chi connectivity index (χ0n) is 11.9. The molecule has 0 amide bonds. The van der Waals surface area contributed by atoms with E-state index in [0.717, 1.165) is 35.5 Å². The first-order chi connectivity index (χ1) is 10.6. The van der Waals surface area contributed by atoms with Crippen molar-refractivity contribution in [1.29, 1.82) is 0 Å². The Kier molecular flexibility index (Phi) is 3.07. The van der Waals surface area contributed by atoms with Gasteiger partial charge < -0.3 is 5.32 Å². The summed E-state index contributed by atoms with van der Waals surface area (Å²) in [5, 5.41) is 3.99. The second-order valence-corrected chi connectivity index (χ2v) is 6.49. The molecule has 0 spiro atoms. The topological polar surface area (TPSA) is 37.8 Å². The van der Waals surface area contributed by atoms with Crippen molar-refractivity contribution in [2.45, 2.75) is 26.2 Å². The average Bonchev–Trinajstić information content (AvgIpc) is 3.01. The standard InChI is InChI=1S/C16H13F2N3S/c1-8-19-15(21-12-6-5-9(17)7-11(12)18)14-10-3-2-4-13(10)22-16(14)20-8/h5-7H,2-4H2,1H3,(H,19,20,21). The number of fused-ring (bicyclic) bond motifs is 3. The van der Waals surface area contributed by atoms with Crippen LogP contribution in [0.1, 0.15) is 22.7 Å². The lowest BCUT2D eigenvalue weighted by Crippen LogP contribution is -2.00. The van der Waals surface area contributed by atoms with E-state index >= 15 is 0 Å². The Balaban J connectivity index is 1.87. The Morgan fingerprint density at radius 2 is 2.05 bits per heavy atom. The molecule has 4 rings (SSSR count). The van der Waals surface area contributed by atoms with E-state index in [2.05, 4.69) is 15.3 Å². The molecule has 0 saturated heterocycles. The van der Waals surface area contributed by atoms with Gasteiger partial charge in [-0.25, -0.2) is 18.7 Å². The van der Waals surface area contributed by atoms with Crippen molar-refractivity contribution in [3.63, 3.8) is 0 Å². The van der Waals surface area contributed by atoms with Gasteiger partial charge in [-0.05, 0) is 43.9 Å². The van der Waals surface area contributed by atoms with Crippen LogP contribution in [0.4, 0.5) is 20.3 Å². The van der Waals surface area contributed by atoms with Gasteiger partial charge in [0.2, 0.25) is 0 Å². The highest BCUT2D eigenvalue weighted by molar-refractivity contribution is 7.19. The second-order valence-electron chi connectivity index (χ2n) is 5.41. The number of nitrogens with one attached hydrogen (secondary N) is 1. The number of hydrogen-bond acceptors (Lipinski definition) is 4. The molecule has 22 heavy (non-hydrogen) atoms. The molecule has 0 bridgehead atoms. The maximum absolute atomic E-state index is 13.9. The van der Waals surface area contributed by atoms with Crippen molar-refractivity contribution >= 4 is 33.1 Å². The molecule has 1 aliphatic rings. The molecule has 0 aliphatic heterocycles. The van der Waals surface area contributed by atoms with Gasteiger partial charge in [0.1, 0.15) is 28.1 Å². The second kappa shape index (κ2) is 4.98. The van der Waals surface area contributed by atoms with Gasteiger partial charge in [-0.1, -0.05) is 0 Å². The van der Waals surface area contributed by atoms with E-state index in [1.165, 1.54) is 22.6 Å². The molecule has 2 aromatic heterocycles. The number of aryl methyl sites for hydroxylation is 3. The molecule has 2 heterocycles. The zero-order valence-corrected chi connectivity index (χ0v) is 12.7. The molecule has 3 aromatic rings. The Morgan fingerprint density at radius 1 is 1.18 bits per heavy atom. The number of hydrogen-bond donors (Lipinski definition) is 1. The van der Waals surface area contributed by atoms with Crippen molar-refractivity contribution in [3.8, 4) is 0 Å². The Morgan fingerprint density at radius 3 is 2.86 bits per heavy atom. The lowest BCUT2D eigenvalue weighted by Gasteiger charge is -2.10. The third-order valence-electron chi connectivity index (χ3n) is 3.86. The monoisotopic (exact) mass is 317 g/mol. The van der Waals surface area contributed by atoms with Gasteiger partial charge >= 0.3 is 0 Å². The summed E-state index contributed by atoms with van der Waals surface area (Å²) in [7, 11) is 0. The molecule has 6 heteroatoms. The fraction of sp³-hybridized carbons (Fsp3) is 0.250. The molecule has 1 aliphatic carbocycles. The van der Waals surface area contributed by atoms with Crippen molar-refractivity contribution in [3.05, 3.63) is 46.1 Å². The molecule has 0 saturated carbocycles. The summed E-state index contributed by atoms with van der Waals surface area (Å²) < 4.78 is 26.9. The number of aromatic nitrogens is 2. The van der Waals surface area contributed by atoms with Gasteiger partial charge in [-0.2, -0.15) is 0 Å². The first-order valence-electron chi connectivity index (χ1n) is 7.13. The van der Waals surface area contributed by atoms with Crippen molar-refractivity contribution in [1.82, 2.24) is 9.97 Å². The number of benzene rings is 1. The molecule has 0 radical (unpaired) electrons. The van der Waals surface area contributed by atoms with Crippen LogP contribution in [0.5, 0.6) is 0 Å². The van der Waals surface area contributed by atoms with Crippen LogP contribution in [0, 0.1) is 18.6 Å². The van der Waals surface area contributed by atoms with Gasteiger partial charge in [0.25, 0.3) is 0 Å². The van der Waals surface area contributed by atoms with E-state index in [4.69, 9.17) is 0 Å². The van der Waals surface area contributed by atoms with Crippen molar-refractivity contribution < 1.29 is 8.78 Å². The highest BCUT2D eigenvalue weighted by atomic mass is 32.1. The van der Waals surface area contributed by atoms with Gasteiger partial charge in [-0.3, -0.25) is 0 Å². The maximum Gasteiger partial charge on any atom is 0.149 e. The largest absolute Gasteiger partial charge is 0.337 e. The quantitative estimate of drug-likeness (QED) is 0.755. The fourth-order valence-corrected chi connectivity index (χ4v) is 4.22. The van der Waals surface area contributed by atoms with Gasteiger partial charge in [0.05, 0.1) is 11.1 Å². The molecular formula is C16H13F2N3S. The maximum atomic E-state index is 13.9.